The van der Waals surface area contributed by atoms with E-state index < -0.39 is 88.7 Å². The maximum atomic E-state index is 15.0. The van der Waals surface area contributed by atoms with Gasteiger partial charge in [-0.1, -0.05) is 39.7 Å². The molecule has 0 aromatic carbocycles. The summed E-state index contributed by atoms with van der Waals surface area (Å²) in [6.45, 7) is 18.3. The highest BCUT2D eigenvalue weighted by Crippen LogP contribution is 2.56. The molecule has 3 unspecified atom stereocenters. The summed E-state index contributed by atoms with van der Waals surface area (Å²) in [6.07, 6.45) is 3.72. The van der Waals surface area contributed by atoms with Gasteiger partial charge in [0.2, 0.25) is 0 Å². The fraction of sp³-hybridized carbons (Fsp3) is 0.789. The van der Waals surface area contributed by atoms with Gasteiger partial charge in [0.25, 0.3) is 0 Å². The SMILES string of the molecule is C#CCO[C@@]1(C)C[C@@H](C)C(=O)C2(C)CN(CC=C)C3C(=O)O[C@@](C)(C32)[C@H](CC)OC(=O)[C@H](C)C(=O)[C@H](C)[C@H]1O[C@@H]1O[C@H](C)C[C@H](N(C)C)[C@H]1O. The number of rotatable bonds is 8. The van der Waals surface area contributed by atoms with Crippen LogP contribution in [0.5, 0.6) is 0 Å². The lowest BCUT2D eigenvalue weighted by atomic mass is 9.62. The summed E-state index contributed by atoms with van der Waals surface area (Å²) >= 11 is 0. The van der Waals surface area contributed by atoms with E-state index in [2.05, 4.69) is 12.5 Å². The molecule has 4 aliphatic rings. The van der Waals surface area contributed by atoms with Crippen molar-refractivity contribution in [2.45, 2.75) is 129 Å². The predicted molar refractivity (Wildman–Crippen MR) is 184 cm³/mol. The molecule has 0 bridgehead atoms. The molecule has 14 atom stereocenters. The minimum Gasteiger partial charge on any atom is -0.458 e. The van der Waals surface area contributed by atoms with Crippen molar-refractivity contribution in [3.05, 3.63) is 12.7 Å². The zero-order chi connectivity index (χ0) is 37.5. The third-order valence-electron chi connectivity index (χ3n) is 11.8. The number of nitrogens with zero attached hydrogens (tertiary/aromatic N) is 2. The normalized spacial score (nSPS) is 44.7. The van der Waals surface area contributed by atoms with Gasteiger partial charge in [0, 0.05) is 42.3 Å². The topological polar surface area (TPSA) is 141 Å². The lowest BCUT2D eigenvalue weighted by molar-refractivity contribution is -0.296. The second-order valence-corrected chi connectivity index (χ2v) is 15.8. The molecule has 0 radical (unpaired) electrons. The first-order valence-corrected chi connectivity index (χ1v) is 17.9. The molecule has 12 nitrogen and oxygen atoms in total. The Labute approximate surface area is 297 Å². The Kier molecular flexibility index (Phi) is 12.1. The molecule has 0 aliphatic carbocycles. The van der Waals surface area contributed by atoms with Crippen LogP contribution < -0.4 is 0 Å². The van der Waals surface area contributed by atoms with Gasteiger partial charge < -0.3 is 33.7 Å². The van der Waals surface area contributed by atoms with Crippen molar-refractivity contribution in [2.24, 2.45) is 29.1 Å². The maximum Gasteiger partial charge on any atom is 0.324 e. The van der Waals surface area contributed by atoms with Crippen LogP contribution in [0.2, 0.25) is 0 Å². The summed E-state index contributed by atoms with van der Waals surface area (Å²) in [7, 11) is 3.72. The Morgan fingerprint density at radius 1 is 1.12 bits per heavy atom. The van der Waals surface area contributed by atoms with Crippen molar-refractivity contribution < 1.29 is 48.0 Å². The van der Waals surface area contributed by atoms with Gasteiger partial charge in [-0.25, -0.2) is 0 Å². The predicted octanol–water partition coefficient (Wildman–Crippen LogP) is 2.79. The minimum atomic E-state index is -1.38. The van der Waals surface area contributed by atoms with Gasteiger partial charge in [0.15, 0.2) is 17.7 Å². The summed E-state index contributed by atoms with van der Waals surface area (Å²) in [4.78, 5) is 60.5. The quantitative estimate of drug-likeness (QED) is 0.172. The first-order valence-electron chi connectivity index (χ1n) is 17.9. The summed E-state index contributed by atoms with van der Waals surface area (Å²) in [5.41, 5.74) is -3.85. The van der Waals surface area contributed by atoms with E-state index in [4.69, 9.17) is 30.1 Å². The van der Waals surface area contributed by atoms with Crippen molar-refractivity contribution >= 4 is 23.5 Å². The zero-order valence-corrected chi connectivity index (χ0v) is 31.5. The highest BCUT2D eigenvalue weighted by molar-refractivity contribution is 6.00. The molecular formula is C38H58N2O10. The molecule has 4 heterocycles. The third-order valence-corrected chi connectivity index (χ3v) is 11.8. The smallest absolute Gasteiger partial charge is 0.324 e. The molecule has 0 spiro atoms. The molecule has 0 amide bonds. The maximum absolute atomic E-state index is 15.0. The van der Waals surface area contributed by atoms with Crippen LogP contribution in [0.15, 0.2) is 12.7 Å². The van der Waals surface area contributed by atoms with Gasteiger partial charge in [0.05, 0.1) is 17.8 Å². The highest BCUT2D eigenvalue weighted by atomic mass is 16.7. The number of carbonyl (C=O) groups is 4. The molecule has 4 rings (SSSR count). The van der Waals surface area contributed by atoms with Crippen LogP contribution >= 0.6 is 0 Å². The number of terminal acetylenes is 1. The number of aliphatic hydroxyl groups excluding tert-OH is 1. The van der Waals surface area contributed by atoms with E-state index in [-0.39, 0.29) is 43.9 Å². The van der Waals surface area contributed by atoms with Crippen molar-refractivity contribution in [1.29, 1.82) is 0 Å². The van der Waals surface area contributed by atoms with E-state index in [9.17, 15) is 24.3 Å². The van der Waals surface area contributed by atoms with Gasteiger partial charge in [-0.3, -0.25) is 24.1 Å². The van der Waals surface area contributed by atoms with Gasteiger partial charge in [-0.2, -0.15) is 0 Å². The van der Waals surface area contributed by atoms with Gasteiger partial charge in [-0.15, -0.1) is 13.0 Å². The van der Waals surface area contributed by atoms with Crippen molar-refractivity contribution in [2.75, 3.05) is 33.8 Å². The zero-order valence-electron chi connectivity index (χ0n) is 31.5. The first-order chi connectivity index (χ1) is 23.3. The lowest BCUT2D eigenvalue weighted by Crippen LogP contribution is -2.60. The number of Topliss-reactive ketones (excluding diaryl/α,β-unsaturated/α-hetero) is 2. The fourth-order valence-electron chi connectivity index (χ4n) is 9.42. The molecule has 1 N–H and O–H groups in total. The van der Waals surface area contributed by atoms with E-state index >= 15 is 0 Å². The second kappa shape index (κ2) is 15.1. The Hall–Kier alpha value is -2.66. The fourth-order valence-corrected chi connectivity index (χ4v) is 9.42. The number of ketones is 2. The summed E-state index contributed by atoms with van der Waals surface area (Å²) < 4.78 is 31.3. The van der Waals surface area contributed by atoms with E-state index in [1.807, 2.05) is 44.7 Å². The number of hydrogen-bond acceptors (Lipinski definition) is 12. The number of esters is 2. The molecule has 4 fully saturated rings. The van der Waals surface area contributed by atoms with Crippen LogP contribution in [-0.4, -0.2) is 126 Å². The molecule has 0 aromatic heterocycles. The molecule has 12 heteroatoms. The minimum absolute atomic E-state index is 0.0707. The largest absolute Gasteiger partial charge is 0.458 e. The number of ether oxygens (including phenoxy) is 5. The van der Waals surface area contributed by atoms with E-state index in [1.54, 1.807) is 33.8 Å². The number of hydrogen-bond donors (Lipinski definition) is 1. The third kappa shape index (κ3) is 7.06. The Morgan fingerprint density at radius 2 is 1.78 bits per heavy atom. The average molecular weight is 703 g/mol. The van der Waals surface area contributed by atoms with Crippen LogP contribution in [-0.2, 0) is 42.9 Å². The molecular weight excluding hydrogens is 644 g/mol. The van der Waals surface area contributed by atoms with Crippen LogP contribution in [0.1, 0.15) is 74.7 Å². The second-order valence-electron chi connectivity index (χ2n) is 15.8. The molecule has 0 aromatic rings. The van der Waals surface area contributed by atoms with Crippen molar-refractivity contribution in [3.63, 3.8) is 0 Å². The van der Waals surface area contributed by atoms with E-state index in [0.29, 0.717) is 13.0 Å². The average Bonchev–Trinajstić information content (AvgIpc) is 3.52. The first kappa shape index (κ1) is 40.1. The number of likely N-dealkylation sites (N-methyl/N-ethyl adjacent to an activating group) is 1. The Balaban J connectivity index is 1.88. The molecule has 50 heavy (non-hydrogen) atoms. The van der Waals surface area contributed by atoms with Crippen LogP contribution in [0.4, 0.5) is 0 Å². The van der Waals surface area contributed by atoms with Gasteiger partial charge in [0.1, 0.15) is 36.6 Å². The standard InChI is InChI=1S/C38H58N2O10/c1-13-16-40-20-36(8)30-27(40)34(45)50-38(30,10)26(15-3)48-33(44)24(7)28(41)23(6)32(37(9,46-17-14-2)19-21(4)31(36)43)49-35-29(42)25(39(11)12)18-22(5)47-35/h2,13,21-27,29-30,32,35,42H,1,15-20H2,3-12H3/t21-,22-,23+,24-,25+,26+,27?,29-,30?,32-,35+,36?,37+,38-/m1/s1. The molecule has 0 saturated carbocycles. The molecule has 4 saturated heterocycles. The van der Waals surface area contributed by atoms with Crippen molar-refractivity contribution in [1.82, 2.24) is 9.80 Å². The van der Waals surface area contributed by atoms with E-state index in [0.717, 1.165) is 0 Å². The number of aliphatic hydroxyl groups is 1. The number of likely N-dealkylation sites (tertiary alicyclic amines) is 1. The van der Waals surface area contributed by atoms with Crippen LogP contribution in [0.25, 0.3) is 0 Å². The molecule has 4 aliphatic heterocycles. The van der Waals surface area contributed by atoms with E-state index in [1.165, 1.54) is 6.92 Å². The highest BCUT2D eigenvalue weighted by Gasteiger charge is 2.71. The Morgan fingerprint density at radius 3 is 2.36 bits per heavy atom. The summed E-state index contributed by atoms with van der Waals surface area (Å²) in [5.74, 6) is -3.01. The Bertz CT molecular complexity index is 1360. The lowest BCUT2D eigenvalue weighted by Gasteiger charge is -2.48. The summed E-state index contributed by atoms with van der Waals surface area (Å²) in [6, 6.07) is -1.07. The van der Waals surface area contributed by atoms with Crippen molar-refractivity contribution in [3.8, 4) is 12.3 Å². The number of cyclic esters (lactones) is 1. The van der Waals surface area contributed by atoms with Gasteiger partial charge in [-0.05, 0) is 61.1 Å². The van der Waals surface area contributed by atoms with Gasteiger partial charge >= 0.3 is 11.9 Å². The van der Waals surface area contributed by atoms with Crippen LogP contribution in [0.3, 0.4) is 0 Å². The van der Waals surface area contributed by atoms with Crippen LogP contribution in [0, 0.1) is 41.4 Å². The monoisotopic (exact) mass is 702 g/mol. The number of carbonyl (C=O) groups excluding carboxylic acids is 4. The summed E-state index contributed by atoms with van der Waals surface area (Å²) in [5, 5.41) is 11.4. The molecule has 280 valence electrons.